The quantitative estimate of drug-likeness (QED) is 0.835. The van der Waals surface area contributed by atoms with Crippen LogP contribution in [0.5, 0.6) is 0 Å². The molecule has 7 heteroatoms. The molecule has 0 spiro atoms. The molecule has 1 heterocycles. The second-order valence-corrected chi connectivity index (χ2v) is 7.37. The molecule has 0 saturated carbocycles. The van der Waals surface area contributed by atoms with Crippen molar-refractivity contribution in [1.82, 2.24) is 10.3 Å². The number of carbonyl (C=O) groups excluding carboxylic acids is 2. The first-order chi connectivity index (χ1) is 11.2. The summed E-state index contributed by atoms with van der Waals surface area (Å²) in [5, 5.41) is 7.64. The van der Waals surface area contributed by atoms with E-state index < -0.39 is 23.7 Å². The van der Waals surface area contributed by atoms with Gasteiger partial charge in [-0.2, -0.15) is 0 Å². The number of hydrogen-bond donors (Lipinski definition) is 2. The molecule has 2 aromatic rings. The van der Waals surface area contributed by atoms with Gasteiger partial charge < -0.3 is 10.6 Å². The van der Waals surface area contributed by atoms with Crippen LogP contribution >= 0.6 is 11.3 Å². The Bertz CT molecular complexity index is 752. The van der Waals surface area contributed by atoms with Gasteiger partial charge >= 0.3 is 11.8 Å². The third-order valence-corrected chi connectivity index (χ3v) is 4.32. The molecule has 24 heavy (non-hydrogen) atoms. The van der Waals surface area contributed by atoms with Gasteiger partial charge in [0.1, 0.15) is 10.8 Å². The highest BCUT2D eigenvalue weighted by atomic mass is 32.1. The van der Waals surface area contributed by atoms with E-state index in [1.807, 2.05) is 5.38 Å². The Balaban J connectivity index is 1.98. The van der Waals surface area contributed by atoms with E-state index in [0.29, 0.717) is 0 Å². The van der Waals surface area contributed by atoms with Gasteiger partial charge in [-0.25, -0.2) is 9.37 Å². The summed E-state index contributed by atoms with van der Waals surface area (Å²) in [5.41, 5.74) is 1.09. The van der Waals surface area contributed by atoms with Crippen molar-refractivity contribution in [3.63, 3.8) is 0 Å². The highest BCUT2D eigenvalue weighted by molar-refractivity contribution is 7.09. The number of nitrogens with one attached hydrogen (secondary N) is 2. The number of carbonyl (C=O) groups is 2. The minimum Gasteiger partial charge on any atom is -0.339 e. The number of rotatable bonds is 3. The third-order valence-electron chi connectivity index (χ3n) is 3.30. The molecule has 0 aliphatic carbocycles. The lowest BCUT2D eigenvalue weighted by molar-refractivity contribution is -0.136. The fraction of sp³-hybridized carbons (Fsp3) is 0.353. The molecule has 0 aliphatic rings. The van der Waals surface area contributed by atoms with Crippen molar-refractivity contribution in [2.24, 2.45) is 0 Å². The molecule has 128 valence electrons. The summed E-state index contributed by atoms with van der Waals surface area (Å²) in [4.78, 5) is 28.4. The van der Waals surface area contributed by atoms with Crippen molar-refractivity contribution < 1.29 is 14.0 Å². The van der Waals surface area contributed by atoms with Crippen LogP contribution in [-0.2, 0) is 15.0 Å². The standard InChI is InChI=1S/C17H20FN3O2S/c1-10(16-21-13(9-24-16)17(2,3)4)19-14(22)15(23)20-12-7-5-6-11(18)8-12/h5-10H,1-4H3,(H,19,22)(H,20,23). The molecule has 5 nitrogen and oxygen atoms in total. The fourth-order valence-electron chi connectivity index (χ4n) is 1.91. The highest BCUT2D eigenvalue weighted by Gasteiger charge is 2.22. The summed E-state index contributed by atoms with van der Waals surface area (Å²) in [6.45, 7) is 7.93. The molecule has 0 fully saturated rings. The Labute approximate surface area is 144 Å². The summed E-state index contributed by atoms with van der Waals surface area (Å²) in [6, 6.07) is 4.97. The first-order valence-corrected chi connectivity index (χ1v) is 8.38. The molecule has 1 aromatic heterocycles. The molecule has 0 aliphatic heterocycles. The van der Waals surface area contributed by atoms with Crippen LogP contribution in [0.25, 0.3) is 0 Å². The summed E-state index contributed by atoms with van der Waals surface area (Å²) in [5.74, 6) is -2.13. The molecule has 2 N–H and O–H groups in total. The molecule has 1 aromatic carbocycles. The first-order valence-electron chi connectivity index (χ1n) is 7.50. The Kier molecular flexibility index (Phi) is 5.33. The molecule has 0 radical (unpaired) electrons. The molecule has 1 unspecified atom stereocenters. The van der Waals surface area contributed by atoms with Gasteiger partial charge in [-0.3, -0.25) is 9.59 Å². The minimum absolute atomic E-state index is 0.0762. The average molecular weight is 349 g/mol. The van der Waals surface area contributed by atoms with Gasteiger partial charge in [-0.15, -0.1) is 11.3 Å². The van der Waals surface area contributed by atoms with Gasteiger partial charge in [0.05, 0.1) is 11.7 Å². The number of amides is 2. The van der Waals surface area contributed by atoms with Crippen LogP contribution in [0.3, 0.4) is 0 Å². The monoisotopic (exact) mass is 349 g/mol. The van der Waals surface area contributed by atoms with E-state index in [2.05, 4.69) is 36.4 Å². The van der Waals surface area contributed by atoms with Crippen LogP contribution in [0.15, 0.2) is 29.6 Å². The third kappa shape index (κ3) is 4.61. The van der Waals surface area contributed by atoms with Gasteiger partial charge in [0.25, 0.3) is 0 Å². The number of hydrogen-bond acceptors (Lipinski definition) is 4. The lowest BCUT2D eigenvalue weighted by Gasteiger charge is -2.15. The lowest BCUT2D eigenvalue weighted by atomic mass is 9.93. The van der Waals surface area contributed by atoms with Crippen LogP contribution in [-0.4, -0.2) is 16.8 Å². The number of benzene rings is 1. The zero-order valence-corrected chi connectivity index (χ0v) is 14.8. The van der Waals surface area contributed by atoms with Crippen LogP contribution in [0.2, 0.25) is 0 Å². The van der Waals surface area contributed by atoms with Gasteiger partial charge in [-0.1, -0.05) is 26.8 Å². The van der Waals surface area contributed by atoms with E-state index >= 15 is 0 Å². The summed E-state index contributed by atoms with van der Waals surface area (Å²) in [7, 11) is 0. The summed E-state index contributed by atoms with van der Waals surface area (Å²) in [6.07, 6.45) is 0. The molecule has 2 amide bonds. The van der Waals surface area contributed by atoms with E-state index in [4.69, 9.17) is 0 Å². The van der Waals surface area contributed by atoms with Crippen molar-refractivity contribution in [2.45, 2.75) is 39.2 Å². The van der Waals surface area contributed by atoms with Gasteiger partial charge in [-0.05, 0) is 25.1 Å². The van der Waals surface area contributed by atoms with Gasteiger partial charge in [0, 0.05) is 16.5 Å². The highest BCUT2D eigenvalue weighted by Crippen LogP contribution is 2.26. The number of halogens is 1. The second kappa shape index (κ2) is 7.09. The van der Waals surface area contributed by atoms with Crippen molar-refractivity contribution in [3.05, 3.63) is 46.2 Å². The van der Waals surface area contributed by atoms with E-state index in [-0.39, 0.29) is 11.1 Å². The Morgan fingerprint density at radius 1 is 1.25 bits per heavy atom. The topological polar surface area (TPSA) is 71.1 Å². The van der Waals surface area contributed by atoms with E-state index in [1.165, 1.54) is 29.5 Å². The maximum Gasteiger partial charge on any atom is 0.313 e. The number of anilines is 1. The Hall–Kier alpha value is -2.28. The molecular formula is C17H20FN3O2S. The minimum atomic E-state index is -0.847. The van der Waals surface area contributed by atoms with Crippen LogP contribution in [0.1, 0.15) is 44.4 Å². The van der Waals surface area contributed by atoms with Crippen molar-refractivity contribution in [2.75, 3.05) is 5.32 Å². The zero-order chi connectivity index (χ0) is 17.9. The van der Waals surface area contributed by atoms with Crippen LogP contribution in [0.4, 0.5) is 10.1 Å². The van der Waals surface area contributed by atoms with E-state index in [9.17, 15) is 14.0 Å². The largest absolute Gasteiger partial charge is 0.339 e. The second-order valence-electron chi connectivity index (χ2n) is 6.48. The van der Waals surface area contributed by atoms with Crippen molar-refractivity contribution >= 4 is 28.8 Å². The van der Waals surface area contributed by atoms with Crippen molar-refractivity contribution in [1.29, 1.82) is 0 Å². The maximum atomic E-state index is 13.1. The summed E-state index contributed by atoms with van der Waals surface area (Å²) < 4.78 is 13.1. The summed E-state index contributed by atoms with van der Waals surface area (Å²) >= 11 is 1.44. The molecule has 0 saturated heterocycles. The van der Waals surface area contributed by atoms with Gasteiger partial charge in [0.2, 0.25) is 0 Å². The zero-order valence-electron chi connectivity index (χ0n) is 14.0. The smallest absolute Gasteiger partial charge is 0.313 e. The number of aromatic nitrogens is 1. The Morgan fingerprint density at radius 2 is 1.96 bits per heavy atom. The number of thiazole rings is 1. The average Bonchev–Trinajstić information content (AvgIpc) is 2.97. The predicted octanol–water partition coefficient (Wildman–Crippen LogP) is 3.40. The van der Waals surface area contributed by atoms with Gasteiger partial charge in [0.15, 0.2) is 0 Å². The SMILES string of the molecule is CC(NC(=O)C(=O)Nc1cccc(F)c1)c1nc(C(C)(C)C)cs1. The molecule has 1 atom stereocenters. The normalized spacial score (nSPS) is 12.5. The first kappa shape index (κ1) is 18.1. The van der Waals surface area contributed by atoms with Crippen molar-refractivity contribution in [3.8, 4) is 0 Å². The molecule has 2 rings (SSSR count). The number of nitrogens with zero attached hydrogens (tertiary/aromatic N) is 1. The van der Waals surface area contributed by atoms with E-state index in [0.717, 1.165) is 16.8 Å². The lowest BCUT2D eigenvalue weighted by Crippen LogP contribution is -2.37. The Morgan fingerprint density at radius 3 is 2.54 bits per heavy atom. The van der Waals surface area contributed by atoms with E-state index in [1.54, 1.807) is 6.92 Å². The van der Waals surface area contributed by atoms with Crippen LogP contribution < -0.4 is 10.6 Å². The molecular weight excluding hydrogens is 329 g/mol. The predicted molar refractivity (Wildman–Crippen MR) is 92.4 cm³/mol. The fourth-order valence-corrected chi connectivity index (χ4v) is 2.96. The molecule has 0 bridgehead atoms. The maximum absolute atomic E-state index is 13.1. The van der Waals surface area contributed by atoms with Crippen LogP contribution in [0, 0.1) is 5.82 Å².